The van der Waals surface area contributed by atoms with Gasteiger partial charge in [-0.15, -0.1) is 5.10 Å². The highest BCUT2D eigenvalue weighted by molar-refractivity contribution is 5.74. The van der Waals surface area contributed by atoms with E-state index in [2.05, 4.69) is 5.10 Å². The number of aryl methyl sites for hydroxylation is 2. The van der Waals surface area contributed by atoms with Crippen LogP contribution in [0.15, 0.2) is 71.5 Å². The molecule has 4 rings (SSSR count). The van der Waals surface area contributed by atoms with Gasteiger partial charge in [-0.3, -0.25) is 9.36 Å². The van der Waals surface area contributed by atoms with Crippen LogP contribution in [0.3, 0.4) is 0 Å². The summed E-state index contributed by atoms with van der Waals surface area (Å²) < 4.78 is 47.3. The highest BCUT2D eigenvalue weighted by Crippen LogP contribution is 2.30. The molecule has 0 atom stereocenters. The zero-order valence-corrected chi connectivity index (χ0v) is 23.8. The number of carboxylic acid groups (broad SMARTS) is 1. The van der Waals surface area contributed by atoms with Crippen LogP contribution in [0, 0.1) is 5.92 Å². The third-order valence-corrected chi connectivity index (χ3v) is 6.78. The van der Waals surface area contributed by atoms with E-state index in [-0.39, 0.29) is 23.7 Å². The Bertz CT molecular complexity index is 1570. The van der Waals surface area contributed by atoms with Crippen molar-refractivity contribution in [1.82, 2.24) is 14.3 Å². The standard InChI is InChI=1S/C32H34F3N3O4/c1-4-42-28-17-12-24(18-25(28)19-30(39)40)23-10-8-22(9-11-23)6-5-7-29-36-38(31(41)37(29)20-21(2)3)27-15-13-26(14-16-27)32(33,34)35/h8-18,21H,4-7,19-20H2,1-3H3,(H,39,40). The second-order valence-corrected chi connectivity index (χ2v) is 10.5. The van der Waals surface area contributed by atoms with E-state index >= 15 is 0 Å². The normalized spacial score (nSPS) is 11.7. The van der Waals surface area contributed by atoms with Crippen LogP contribution in [-0.4, -0.2) is 32.0 Å². The summed E-state index contributed by atoms with van der Waals surface area (Å²) in [5.41, 5.74) is 2.69. The first-order valence-corrected chi connectivity index (χ1v) is 13.9. The van der Waals surface area contributed by atoms with Gasteiger partial charge in [0, 0.05) is 18.5 Å². The number of halogens is 3. The number of benzene rings is 3. The number of ether oxygens (including phenoxy) is 1. The molecule has 0 saturated heterocycles. The molecule has 0 saturated carbocycles. The van der Waals surface area contributed by atoms with Crippen molar-refractivity contribution in [3.05, 3.63) is 99.7 Å². The van der Waals surface area contributed by atoms with Crippen molar-refractivity contribution in [2.75, 3.05) is 6.61 Å². The van der Waals surface area contributed by atoms with Crippen molar-refractivity contribution in [3.63, 3.8) is 0 Å². The third kappa shape index (κ3) is 7.48. The number of hydrogen-bond acceptors (Lipinski definition) is 4. The molecule has 0 unspecified atom stereocenters. The molecule has 1 N–H and O–H groups in total. The lowest BCUT2D eigenvalue weighted by molar-refractivity contribution is -0.138. The van der Waals surface area contributed by atoms with E-state index in [4.69, 9.17) is 4.74 Å². The number of aliphatic carboxylic acids is 1. The van der Waals surface area contributed by atoms with Gasteiger partial charge >= 0.3 is 17.8 Å². The molecule has 0 aliphatic heterocycles. The molecule has 0 radical (unpaired) electrons. The van der Waals surface area contributed by atoms with Crippen LogP contribution in [0.5, 0.6) is 5.75 Å². The summed E-state index contributed by atoms with van der Waals surface area (Å²) in [5.74, 6) is 0.409. The smallest absolute Gasteiger partial charge is 0.416 e. The summed E-state index contributed by atoms with van der Waals surface area (Å²) in [5, 5.41) is 13.8. The maximum atomic E-state index is 13.2. The first-order valence-electron chi connectivity index (χ1n) is 13.9. The quantitative estimate of drug-likeness (QED) is 0.204. The summed E-state index contributed by atoms with van der Waals surface area (Å²) in [6, 6.07) is 18.0. The SMILES string of the molecule is CCOc1ccc(-c2ccc(CCCc3nn(-c4ccc(C(F)(F)F)cc4)c(=O)n3CC(C)C)cc2)cc1CC(=O)O. The Morgan fingerprint density at radius 2 is 1.64 bits per heavy atom. The Morgan fingerprint density at radius 1 is 0.976 bits per heavy atom. The minimum Gasteiger partial charge on any atom is -0.494 e. The van der Waals surface area contributed by atoms with E-state index in [1.54, 1.807) is 10.6 Å². The summed E-state index contributed by atoms with van der Waals surface area (Å²) >= 11 is 0. The molecule has 222 valence electrons. The molecule has 0 spiro atoms. The van der Waals surface area contributed by atoms with Gasteiger partial charge in [0.05, 0.1) is 24.3 Å². The fourth-order valence-corrected chi connectivity index (χ4v) is 4.80. The fourth-order valence-electron chi connectivity index (χ4n) is 4.80. The van der Waals surface area contributed by atoms with Crippen LogP contribution in [-0.2, 0) is 36.8 Å². The molecule has 0 amide bonds. The first kappa shape index (κ1) is 30.6. The predicted molar refractivity (Wildman–Crippen MR) is 154 cm³/mol. The van der Waals surface area contributed by atoms with Crippen LogP contribution < -0.4 is 10.4 Å². The number of aromatic nitrogens is 3. The average molecular weight is 582 g/mol. The molecule has 1 aromatic heterocycles. The molecule has 3 aromatic carbocycles. The Kier molecular flexibility index (Phi) is 9.55. The monoisotopic (exact) mass is 581 g/mol. The maximum Gasteiger partial charge on any atom is 0.416 e. The van der Waals surface area contributed by atoms with Gasteiger partial charge in [0.1, 0.15) is 11.6 Å². The zero-order valence-electron chi connectivity index (χ0n) is 23.8. The summed E-state index contributed by atoms with van der Waals surface area (Å²) in [6.45, 7) is 6.73. The Hall–Kier alpha value is -4.34. The first-order chi connectivity index (χ1) is 20.0. The van der Waals surface area contributed by atoms with E-state index in [9.17, 15) is 27.9 Å². The van der Waals surface area contributed by atoms with Crippen LogP contribution in [0.2, 0.25) is 0 Å². The molecule has 4 aromatic rings. The fraction of sp³-hybridized carbons (Fsp3) is 0.344. The average Bonchev–Trinajstić information content (AvgIpc) is 3.23. The highest BCUT2D eigenvalue weighted by Gasteiger charge is 2.30. The van der Waals surface area contributed by atoms with E-state index in [1.165, 1.54) is 16.8 Å². The lowest BCUT2D eigenvalue weighted by Crippen LogP contribution is -2.26. The van der Waals surface area contributed by atoms with Crippen LogP contribution in [0.4, 0.5) is 13.2 Å². The zero-order chi connectivity index (χ0) is 30.4. The van der Waals surface area contributed by atoms with Crippen LogP contribution >= 0.6 is 0 Å². The molecule has 10 heteroatoms. The van der Waals surface area contributed by atoms with E-state index in [1.807, 2.05) is 57.2 Å². The minimum atomic E-state index is -4.46. The number of carboxylic acids is 1. The molecular weight excluding hydrogens is 547 g/mol. The Morgan fingerprint density at radius 3 is 2.24 bits per heavy atom. The van der Waals surface area contributed by atoms with E-state index < -0.39 is 17.7 Å². The molecular formula is C32H34F3N3O4. The Labute approximate surface area is 242 Å². The molecule has 7 nitrogen and oxygen atoms in total. The predicted octanol–water partition coefficient (Wildman–Crippen LogP) is 6.58. The highest BCUT2D eigenvalue weighted by atomic mass is 19.4. The number of carbonyl (C=O) groups is 1. The minimum absolute atomic E-state index is 0.127. The summed E-state index contributed by atoms with van der Waals surface area (Å²) in [4.78, 5) is 24.5. The largest absolute Gasteiger partial charge is 0.494 e. The van der Waals surface area contributed by atoms with Gasteiger partial charge < -0.3 is 9.84 Å². The second kappa shape index (κ2) is 13.1. The molecule has 42 heavy (non-hydrogen) atoms. The summed E-state index contributed by atoms with van der Waals surface area (Å²) in [6.07, 6.45) is -2.61. The lowest BCUT2D eigenvalue weighted by atomic mass is 9.98. The third-order valence-electron chi connectivity index (χ3n) is 6.78. The van der Waals surface area contributed by atoms with Crippen molar-refractivity contribution < 1.29 is 27.8 Å². The van der Waals surface area contributed by atoms with Gasteiger partial charge in [0.15, 0.2) is 0 Å². The van der Waals surface area contributed by atoms with Crippen LogP contribution in [0.1, 0.15) is 49.7 Å². The van der Waals surface area contributed by atoms with Gasteiger partial charge in [-0.2, -0.15) is 17.9 Å². The van der Waals surface area contributed by atoms with Crippen LogP contribution in [0.25, 0.3) is 16.8 Å². The topological polar surface area (TPSA) is 86.4 Å². The van der Waals surface area contributed by atoms with Crippen molar-refractivity contribution >= 4 is 5.97 Å². The van der Waals surface area contributed by atoms with Crippen molar-refractivity contribution in [3.8, 4) is 22.6 Å². The van der Waals surface area contributed by atoms with Gasteiger partial charge in [0.25, 0.3) is 0 Å². The number of alkyl halides is 3. The van der Waals surface area contributed by atoms with Gasteiger partial charge in [-0.1, -0.05) is 44.2 Å². The summed E-state index contributed by atoms with van der Waals surface area (Å²) in [7, 11) is 0. The van der Waals surface area contributed by atoms with E-state index in [0.717, 1.165) is 35.2 Å². The maximum absolute atomic E-state index is 13.2. The molecule has 0 bridgehead atoms. The Balaban J connectivity index is 1.47. The molecule has 1 heterocycles. The number of rotatable bonds is 12. The lowest BCUT2D eigenvalue weighted by Gasteiger charge is -2.12. The molecule has 0 fully saturated rings. The second-order valence-electron chi connectivity index (χ2n) is 10.5. The molecule has 0 aliphatic rings. The van der Waals surface area contributed by atoms with Crippen molar-refractivity contribution in [1.29, 1.82) is 0 Å². The van der Waals surface area contributed by atoms with Crippen molar-refractivity contribution in [2.45, 2.75) is 59.2 Å². The van der Waals surface area contributed by atoms with Gasteiger partial charge in [0.2, 0.25) is 0 Å². The van der Waals surface area contributed by atoms with Gasteiger partial charge in [-0.05, 0) is 78.8 Å². The van der Waals surface area contributed by atoms with Gasteiger partial charge in [-0.25, -0.2) is 4.79 Å². The number of nitrogens with zero attached hydrogens (tertiary/aromatic N) is 3. The molecule has 0 aliphatic carbocycles. The van der Waals surface area contributed by atoms with E-state index in [0.29, 0.717) is 43.1 Å². The van der Waals surface area contributed by atoms with Crippen molar-refractivity contribution in [2.24, 2.45) is 5.92 Å². The number of hydrogen-bond donors (Lipinski definition) is 1.